The van der Waals surface area contributed by atoms with Gasteiger partial charge in [0.25, 0.3) is 0 Å². The molecule has 4 nitrogen and oxygen atoms in total. The van der Waals surface area contributed by atoms with Crippen molar-refractivity contribution in [2.75, 3.05) is 37.7 Å². The molecule has 0 radical (unpaired) electrons. The number of ether oxygens (including phenoxy) is 1. The van der Waals surface area contributed by atoms with Gasteiger partial charge in [-0.3, -0.25) is 0 Å². The third-order valence-electron chi connectivity index (χ3n) is 7.06. The molecule has 188 valence electrons. The maximum Gasteiger partial charge on any atom is 1.00 e. The van der Waals surface area contributed by atoms with Gasteiger partial charge < -0.3 is 27.5 Å². The van der Waals surface area contributed by atoms with Crippen LogP contribution in [0.1, 0.15) is 28.2 Å². The van der Waals surface area contributed by atoms with Gasteiger partial charge in [-0.25, -0.2) is 4.79 Å². The molecule has 0 N–H and O–H groups in total. The summed E-state index contributed by atoms with van der Waals surface area (Å²) in [4.78, 5) is 16.7. The van der Waals surface area contributed by atoms with Crippen molar-refractivity contribution < 1.29 is 73.9 Å². The molecule has 1 heterocycles. The zero-order chi connectivity index (χ0) is 25.4. The number of nitrogens with zero attached hydrogens (tertiary/aromatic N) is 2. The van der Waals surface area contributed by atoms with E-state index in [4.69, 9.17) is 4.74 Å². The molecule has 37 heavy (non-hydrogen) atoms. The Kier molecular flexibility index (Phi) is 9.39. The Morgan fingerprint density at radius 2 is 1.54 bits per heavy atom. The first kappa shape index (κ1) is 28.9. The first-order valence-electron chi connectivity index (χ1n) is 12.1. The maximum atomic E-state index is 13.0. The molecule has 1 aliphatic carbocycles. The van der Waals surface area contributed by atoms with Gasteiger partial charge in [-0.1, -0.05) is 60.4 Å². The summed E-state index contributed by atoms with van der Waals surface area (Å²) in [5, 5.41) is 0. The predicted molar refractivity (Wildman–Crippen MR) is 146 cm³/mol. The van der Waals surface area contributed by atoms with Crippen molar-refractivity contribution in [3.05, 3.63) is 86.5 Å². The standard InChI is InChI=1S/C27H26BF3IN2O2.K/c1-18-25(32)14-19(16-28(29,30)31)15-26(18)33-10-12-34(13-11-33)27(35)36-17-24-22-8-4-2-6-20(22)21-7-3-5-9-23(21)24;/h2-9,14-15,24H,10-13,16-17H2,1H3;/q-1;+1. The maximum absolute atomic E-state index is 13.0. The Balaban J connectivity index is 0.00000320. The fourth-order valence-corrected chi connectivity index (χ4v) is 5.92. The third kappa shape index (κ3) is 6.41. The Labute approximate surface area is 271 Å². The van der Waals surface area contributed by atoms with Crippen molar-refractivity contribution in [2.45, 2.75) is 19.2 Å². The van der Waals surface area contributed by atoms with E-state index >= 15 is 0 Å². The molecule has 0 spiro atoms. The summed E-state index contributed by atoms with van der Waals surface area (Å²) in [6.45, 7) is -0.699. The third-order valence-corrected chi connectivity index (χ3v) is 8.18. The number of anilines is 1. The van der Waals surface area contributed by atoms with Gasteiger partial charge in [0.15, 0.2) is 0 Å². The monoisotopic (exact) mass is 644 g/mol. The van der Waals surface area contributed by atoms with Crippen LogP contribution in [0, 0.1) is 10.5 Å². The first-order valence-corrected chi connectivity index (χ1v) is 13.1. The SMILES string of the molecule is Cc1c(I)cc(C[B-](F)(F)F)cc1N1CCN(C(=O)OCC2c3ccccc3-c3ccccc32)CC1.[K+]. The molecule has 1 saturated heterocycles. The minimum absolute atomic E-state index is 0. The molecular weight excluding hydrogens is 618 g/mol. The quantitative estimate of drug-likeness (QED) is 0.315. The molecule has 1 aliphatic heterocycles. The molecule has 0 bridgehead atoms. The van der Waals surface area contributed by atoms with E-state index in [1.807, 2.05) is 31.2 Å². The van der Waals surface area contributed by atoms with E-state index in [0.29, 0.717) is 26.2 Å². The van der Waals surface area contributed by atoms with Gasteiger partial charge >= 0.3 is 64.5 Å². The smallest absolute Gasteiger partial charge is 0.449 e. The van der Waals surface area contributed by atoms with Crippen molar-refractivity contribution in [3.63, 3.8) is 0 Å². The van der Waals surface area contributed by atoms with Crippen molar-refractivity contribution in [2.24, 2.45) is 0 Å². The van der Waals surface area contributed by atoms with Crippen molar-refractivity contribution in [1.82, 2.24) is 4.90 Å². The summed E-state index contributed by atoms with van der Waals surface area (Å²) in [6.07, 6.45) is -1.24. The van der Waals surface area contributed by atoms with Crippen molar-refractivity contribution in [1.29, 1.82) is 0 Å². The largest absolute Gasteiger partial charge is 1.00 e. The molecule has 0 unspecified atom stereocenters. The molecule has 10 heteroatoms. The van der Waals surface area contributed by atoms with Crippen LogP contribution in [0.3, 0.4) is 0 Å². The Morgan fingerprint density at radius 1 is 0.973 bits per heavy atom. The zero-order valence-corrected chi connectivity index (χ0v) is 26.2. The van der Waals surface area contributed by atoms with Crippen LogP contribution in [0.5, 0.6) is 0 Å². The second-order valence-corrected chi connectivity index (χ2v) is 10.6. The van der Waals surface area contributed by atoms with Crippen LogP contribution in [0.2, 0.25) is 0 Å². The number of rotatable bonds is 5. The van der Waals surface area contributed by atoms with Crippen LogP contribution in [0.15, 0.2) is 60.7 Å². The van der Waals surface area contributed by atoms with Crippen molar-refractivity contribution >= 4 is 41.3 Å². The van der Waals surface area contributed by atoms with Gasteiger partial charge in [-0.15, -0.1) is 0 Å². The summed E-state index contributed by atoms with van der Waals surface area (Å²) >= 11 is 2.10. The molecule has 1 amide bonds. The summed E-state index contributed by atoms with van der Waals surface area (Å²) in [7, 11) is 0. The molecule has 0 atom stereocenters. The fourth-order valence-electron chi connectivity index (χ4n) is 5.25. The van der Waals surface area contributed by atoms with Gasteiger partial charge in [-0.05, 0) is 69.5 Å². The Morgan fingerprint density at radius 3 is 2.11 bits per heavy atom. The Hall–Kier alpha value is -1.05. The molecule has 0 aromatic heterocycles. The number of benzene rings is 3. The van der Waals surface area contributed by atoms with Gasteiger partial charge in [0.2, 0.25) is 0 Å². The van der Waals surface area contributed by atoms with E-state index < -0.39 is 13.3 Å². The molecule has 3 aromatic carbocycles. The van der Waals surface area contributed by atoms with Gasteiger partial charge in [0.1, 0.15) is 6.61 Å². The van der Waals surface area contributed by atoms with E-state index in [9.17, 15) is 17.7 Å². The second-order valence-electron chi connectivity index (χ2n) is 9.41. The Bertz CT molecular complexity index is 1250. The number of hydrogen-bond acceptors (Lipinski definition) is 3. The van der Waals surface area contributed by atoms with Crippen molar-refractivity contribution in [3.8, 4) is 11.1 Å². The van der Waals surface area contributed by atoms with E-state index in [-0.39, 0.29) is 75.6 Å². The van der Waals surface area contributed by atoms with Gasteiger partial charge in [-0.2, -0.15) is 0 Å². The average Bonchev–Trinajstić information content (AvgIpc) is 3.17. The summed E-state index contributed by atoms with van der Waals surface area (Å²) < 4.78 is 45.7. The summed E-state index contributed by atoms with van der Waals surface area (Å²) in [5.41, 5.74) is 6.76. The number of halogens is 4. The number of hydrogen-bond donors (Lipinski definition) is 0. The van der Waals surface area contributed by atoms with Crippen LogP contribution in [0.4, 0.5) is 23.4 Å². The van der Waals surface area contributed by atoms with Crippen LogP contribution in [-0.2, 0) is 11.1 Å². The number of amides is 1. The molecule has 0 saturated carbocycles. The summed E-state index contributed by atoms with van der Waals surface area (Å²) in [5.74, 6) is 0.00494. The summed E-state index contributed by atoms with van der Waals surface area (Å²) in [6, 6.07) is 19.7. The molecular formula is C27H26BF3IKN2O2. The van der Waals surface area contributed by atoms with Crippen LogP contribution >= 0.6 is 22.6 Å². The predicted octanol–water partition coefficient (Wildman–Crippen LogP) is 3.60. The number of carbonyl (C=O) groups is 1. The van der Waals surface area contributed by atoms with Crippen LogP contribution in [-0.4, -0.2) is 50.8 Å². The van der Waals surface area contributed by atoms with Gasteiger partial charge in [0.05, 0.1) is 0 Å². The molecule has 5 rings (SSSR count). The number of fused-ring (bicyclic) bond motifs is 3. The zero-order valence-electron chi connectivity index (χ0n) is 20.9. The van der Waals surface area contributed by atoms with E-state index in [1.54, 1.807) is 17.0 Å². The molecule has 3 aromatic rings. The number of carbonyl (C=O) groups excluding carboxylic acids is 1. The van der Waals surface area contributed by atoms with E-state index in [1.165, 1.54) is 22.3 Å². The minimum Gasteiger partial charge on any atom is -0.449 e. The molecule has 2 aliphatic rings. The van der Waals surface area contributed by atoms with Gasteiger partial charge in [0, 0.05) is 41.4 Å². The van der Waals surface area contributed by atoms with E-state index in [2.05, 4.69) is 51.8 Å². The topological polar surface area (TPSA) is 32.8 Å². The average molecular weight is 644 g/mol. The fraction of sp³-hybridized carbons (Fsp3) is 0.296. The van der Waals surface area contributed by atoms with E-state index in [0.717, 1.165) is 14.8 Å². The normalized spacial score (nSPS) is 15.2. The number of piperazine rings is 1. The molecule has 1 fully saturated rings. The minimum atomic E-state index is -4.90. The van der Waals surface area contributed by atoms with Crippen LogP contribution in [0.25, 0.3) is 11.1 Å². The first-order chi connectivity index (χ1) is 17.2. The second kappa shape index (κ2) is 12.0. The van der Waals surface area contributed by atoms with Crippen LogP contribution < -0.4 is 56.3 Å².